The molecule has 1 aromatic carbocycles. The third-order valence-corrected chi connectivity index (χ3v) is 2.94. The van der Waals surface area contributed by atoms with Crippen LogP contribution in [-0.4, -0.2) is 23.5 Å². The van der Waals surface area contributed by atoms with E-state index in [1.165, 1.54) is 13.2 Å². The Hall–Kier alpha value is -2.08. The summed E-state index contributed by atoms with van der Waals surface area (Å²) in [7, 11) is 1.47. The zero-order valence-corrected chi connectivity index (χ0v) is 12.5. The summed E-state index contributed by atoms with van der Waals surface area (Å²) in [5.74, 6) is 1.65. The second kappa shape index (κ2) is 7.08. The molecule has 0 aliphatic heterocycles. The molecule has 1 aromatic heterocycles. The maximum Gasteiger partial charge on any atom is 0.264 e. The van der Waals surface area contributed by atoms with Crippen LogP contribution >= 0.6 is 11.6 Å². The lowest BCUT2D eigenvalue weighted by molar-refractivity contribution is 0.111. The highest BCUT2D eigenvalue weighted by Gasteiger charge is 2.14. The van der Waals surface area contributed by atoms with Gasteiger partial charge in [0, 0.05) is 17.5 Å². The number of aryl methyl sites for hydroxylation is 1. The number of aromatic nitrogens is 2. The summed E-state index contributed by atoms with van der Waals surface area (Å²) in [4.78, 5) is 15.3. The number of nitrogens with zero attached hydrogens (tertiary/aromatic N) is 2. The fourth-order valence-electron chi connectivity index (χ4n) is 1.79. The number of rotatable bonds is 7. The normalized spacial score (nSPS) is 10.4. The maximum atomic E-state index is 11.1. The summed E-state index contributed by atoms with van der Waals surface area (Å²) in [5, 5.41) is 4.22. The zero-order valence-electron chi connectivity index (χ0n) is 11.8. The van der Waals surface area contributed by atoms with Crippen molar-refractivity contribution in [3.05, 3.63) is 34.4 Å². The van der Waals surface area contributed by atoms with E-state index < -0.39 is 0 Å². The first-order valence-electron chi connectivity index (χ1n) is 6.44. The minimum atomic E-state index is 0.0511. The zero-order chi connectivity index (χ0) is 15.2. The van der Waals surface area contributed by atoms with Crippen LogP contribution in [0.25, 0.3) is 0 Å². The first-order valence-corrected chi connectivity index (χ1v) is 6.82. The molecule has 0 saturated carbocycles. The lowest BCUT2D eigenvalue weighted by Crippen LogP contribution is -2.01. The van der Waals surface area contributed by atoms with Crippen molar-refractivity contribution in [2.45, 2.75) is 26.4 Å². The number of carbonyl (C=O) groups is 1. The quantitative estimate of drug-likeness (QED) is 0.732. The van der Waals surface area contributed by atoms with E-state index in [1.54, 1.807) is 6.07 Å². The lowest BCUT2D eigenvalue weighted by atomic mass is 10.2. The van der Waals surface area contributed by atoms with Gasteiger partial charge >= 0.3 is 0 Å². The van der Waals surface area contributed by atoms with Crippen molar-refractivity contribution in [1.82, 2.24) is 10.1 Å². The first-order chi connectivity index (χ1) is 10.2. The molecule has 2 rings (SSSR count). The van der Waals surface area contributed by atoms with Crippen LogP contribution in [0.2, 0.25) is 5.02 Å². The van der Waals surface area contributed by atoms with E-state index in [4.69, 9.17) is 25.6 Å². The fraction of sp³-hybridized carbons (Fsp3) is 0.357. The van der Waals surface area contributed by atoms with Crippen molar-refractivity contribution < 1.29 is 18.8 Å². The molecule has 1 heterocycles. The van der Waals surface area contributed by atoms with E-state index in [9.17, 15) is 4.79 Å². The minimum Gasteiger partial charge on any atom is -0.493 e. The summed E-state index contributed by atoms with van der Waals surface area (Å²) < 4.78 is 15.8. The van der Waals surface area contributed by atoms with E-state index in [0.29, 0.717) is 40.1 Å². The Kier molecular flexibility index (Phi) is 5.16. The minimum absolute atomic E-state index is 0.0511. The van der Waals surface area contributed by atoms with E-state index >= 15 is 0 Å². The van der Waals surface area contributed by atoms with E-state index in [1.807, 2.05) is 6.92 Å². The summed E-state index contributed by atoms with van der Waals surface area (Å²) in [5.41, 5.74) is 0.299. The highest BCUT2D eigenvalue weighted by Crippen LogP contribution is 2.34. The number of hydrogen-bond donors (Lipinski definition) is 0. The van der Waals surface area contributed by atoms with Crippen LogP contribution < -0.4 is 9.47 Å². The molecule has 0 amide bonds. The van der Waals surface area contributed by atoms with Gasteiger partial charge in [-0.05, 0) is 12.5 Å². The molecule has 0 N–H and O–H groups in total. The second-order valence-electron chi connectivity index (χ2n) is 4.29. The number of ether oxygens (including phenoxy) is 2. The molecule has 0 fully saturated rings. The smallest absolute Gasteiger partial charge is 0.264 e. The molecule has 0 radical (unpaired) electrons. The molecule has 7 heteroatoms. The van der Waals surface area contributed by atoms with Gasteiger partial charge in [-0.2, -0.15) is 4.98 Å². The molecular weight excluding hydrogens is 296 g/mol. The van der Waals surface area contributed by atoms with Crippen LogP contribution in [0.3, 0.4) is 0 Å². The topological polar surface area (TPSA) is 74.5 Å². The Morgan fingerprint density at radius 2 is 2.24 bits per heavy atom. The largest absolute Gasteiger partial charge is 0.493 e. The van der Waals surface area contributed by atoms with Gasteiger partial charge in [0.15, 0.2) is 30.2 Å². The Labute approximate surface area is 127 Å². The molecule has 0 spiro atoms. The number of benzene rings is 1. The van der Waals surface area contributed by atoms with Gasteiger partial charge in [-0.3, -0.25) is 4.79 Å². The number of methoxy groups -OCH3 is 1. The van der Waals surface area contributed by atoms with Crippen molar-refractivity contribution in [2.24, 2.45) is 0 Å². The average molecular weight is 311 g/mol. The Bertz CT molecular complexity index is 627. The van der Waals surface area contributed by atoms with Gasteiger partial charge in [-0.25, -0.2) is 0 Å². The summed E-state index contributed by atoms with van der Waals surface area (Å²) in [6, 6.07) is 3.07. The third-order valence-electron chi connectivity index (χ3n) is 2.72. The number of hydrogen-bond acceptors (Lipinski definition) is 6. The first kappa shape index (κ1) is 15.3. The predicted molar refractivity (Wildman–Crippen MR) is 76.0 cm³/mol. The van der Waals surface area contributed by atoms with Gasteiger partial charge in [0.1, 0.15) is 0 Å². The maximum absolute atomic E-state index is 11.1. The van der Waals surface area contributed by atoms with Crippen molar-refractivity contribution in [3.63, 3.8) is 0 Å². The second-order valence-corrected chi connectivity index (χ2v) is 4.72. The van der Waals surface area contributed by atoms with E-state index in [0.717, 1.165) is 12.8 Å². The van der Waals surface area contributed by atoms with E-state index in [-0.39, 0.29) is 6.61 Å². The molecule has 6 nitrogen and oxygen atoms in total. The molecule has 0 unspecified atom stereocenters. The Balaban J connectivity index is 2.16. The van der Waals surface area contributed by atoms with Crippen LogP contribution in [0.15, 0.2) is 16.7 Å². The third kappa shape index (κ3) is 3.72. The monoisotopic (exact) mass is 310 g/mol. The highest BCUT2D eigenvalue weighted by atomic mass is 35.5. The fourth-order valence-corrected chi connectivity index (χ4v) is 2.01. The van der Waals surface area contributed by atoms with E-state index in [2.05, 4.69) is 10.1 Å². The van der Waals surface area contributed by atoms with Gasteiger partial charge in [-0.15, -0.1) is 0 Å². The molecule has 0 bridgehead atoms. The van der Waals surface area contributed by atoms with Crippen molar-refractivity contribution in [2.75, 3.05) is 7.11 Å². The highest BCUT2D eigenvalue weighted by molar-refractivity contribution is 6.31. The molecular formula is C14H15ClN2O4. The van der Waals surface area contributed by atoms with Gasteiger partial charge < -0.3 is 14.0 Å². The van der Waals surface area contributed by atoms with Crippen LogP contribution in [-0.2, 0) is 13.0 Å². The SMILES string of the molecule is CCCc1noc(COc2c(C=O)cc(Cl)cc2OC)n1. The number of aldehydes is 1. The van der Waals surface area contributed by atoms with Crippen LogP contribution in [0.4, 0.5) is 0 Å². The molecule has 112 valence electrons. The van der Waals surface area contributed by atoms with Gasteiger partial charge in [-0.1, -0.05) is 23.7 Å². The molecule has 0 aliphatic carbocycles. The van der Waals surface area contributed by atoms with Crippen LogP contribution in [0.5, 0.6) is 11.5 Å². The molecule has 2 aromatic rings. The number of halogens is 1. The molecule has 0 atom stereocenters. The lowest BCUT2D eigenvalue weighted by Gasteiger charge is -2.11. The van der Waals surface area contributed by atoms with Crippen LogP contribution in [0.1, 0.15) is 35.4 Å². The Morgan fingerprint density at radius 3 is 2.90 bits per heavy atom. The van der Waals surface area contributed by atoms with Crippen molar-refractivity contribution in [3.8, 4) is 11.5 Å². The van der Waals surface area contributed by atoms with Gasteiger partial charge in [0.25, 0.3) is 5.89 Å². The Morgan fingerprint density at radius 1 is 1.43 bits per heavy atom. The molecule has 21 heavy (non-hydrogen) atoms. The number of carbonyl (C=O) groups excluding carboxylic acids is 1. The summed E-state index contributed by atoms with van der Waals surface area (Å²) in [6.07, 6.45) is 2.33. The predicted octanol–water partition coefficient (Wildman–Crippen LogP) is 3.08. The van der Waals surface area contributed by atoms with Crippen LogP contribution in [0, 0.1) is 0 Å². The van der Waals surface area contributed by atoms with Gasteiger partial charge in [0.2, 0.25) is 0 Å². The average Bonchev–Trinajstić information content (AvgIpc) is 2.93. The molecule has 0 aliphatic rings. The summed E-state index contributed by atoms with van der Waals surface area (Å²) >= 11 is 5.90. The van der Waals surface area contributed by atoms with Crippen molar-refractivity contribution >= 4 is 17.9 Å². The van der Waals surface area contributed by atoms with Gasteiger partial charge in [0.05, 0.1) is 12.7 Å². The molecule has 0 saturated heterocycles. The van der Waals surface area contributed by atoms with Crippen molar-refractivity contribution in [1.29, 1.82) is 0 Å². The summed E-state index contributed by atoms with van der Waals surface area (Å²) in [6.45, 7) is 2.08. The standard InChI is InChI=1S/C14H15ClN2O4/c1-3-4-12-16-13(21-17-12)8-20-14-9(7-18)5-10(15)6-11(14)19-2/h5-7H,3-4,8H2,1-2H3.